The Morgan fingerprint density at radius 1 is 0.967 bits per heavy atom. The Balaban J connectivity index is 2.04. The molecule has 0 amide bonds. The lowest BCUT2D eigenvalue weighted by Crippen LogP contribution is -2.34. The van der Waals surface area contributed by atoms with Crippen molar-refractivity contribution in [1.82, 2.24) is 0 Å². The van der Waals surface area contributed by atoms with E-state index in [9.17, 15) is 9.59 Å². The average Bonchev–Trinajstić information content (AvgIpc) is 2.78. The second-order valence-electron chi connectivity index (χ2n) is 6.95. The first-order chi connectivity index (χ1) is 14.5. The van der Waals surface area contributed by atoms with Gasteiger partial charge in [-0.05, 0) is 54.8 Å². The van der Waals surface area contributed by atoms with Crippen LogP contribution < -0.4 is 14.2 Å². The molecule has 2 unspecified atom stereocenters. The minimum absolute atomic E-state index is 0.223. The van der Waals surface area contributed by atoms with Gasteiger partial charge in [0.25, 0.3) is 0 Å². The van der Waals surface area contributed by atoms with Crippen molar-refractivity contribution in [3.05, 3.63) is 59.7 Å². The molecule has 3 rings (SSSR count). The highest BCUT2D eigenvalue weighted by Crippen LogP contribution is 2.43. The van der Waals surface area contributed by atoms with Crippen LogP contribution in [0, 0.1) is 5.92 Å². The molecule has 0 aliphatic heterocycles. The first-order valence-corrected chi connectivity index (χ1v) is 9.79. The summed E-state index contributed by atoms with van der Waals surface area (Å²) in [6.07, 6.45) is 2.02. The van der Waals surface area contributed by atoms with Crippen LogP contribution in [0.2, 0.25) is 0 Å². The number of hydrogen-bond acceptors (Lipinski definition) is 6. The van der Waals surface area contributed by atoms with Crippen LogP contribution in [0.1, 0.15) is 30.4 Å². The predicted octanol–water partition coefficient (Wildman–Crippen LogP) is 4.03. The molecule has 2 aromatic rings. The van der Waals surface area contributed by atoms with Crippen molar-refractivity contribution in [2.75, 3.05) is 27.9 Å². The van der Waals surface area contributed by atoms with Crippen molar-refractivity contribution in [2.45, 2.75) is 19.3 Å². The number of methoxy groups -OCH3 is 3. The monoisotopic (exact) mass is 410 g/mol. The number of esters is 1. The van der Waals surface area contributed by atoms with Crippen molar-refractivity contribution >= 4 is 17.3 Å². The molecular weight excluding hydrogens is 384 g/mol. The minimum atomic E-state index is -0.883. The zero-order valence-electron chi connectivity index (χ0n) is 17.6. The van der Waals surface area contributed by atoms with Gasteiger partial charge in [0.15, 0.2) is 5.78 Å². The van der Waals surface area contributed by atoms with E-state index in [2.05, 4.69) is 0 Å². The molecule has 0 radical (unpaired) electrons. The van der Waals surface area contributed by atoms with E-state index in [-0.39, 0.29) is 18.3 Å². The fourth-order valence-electron chi connectivity index (χ4n) is 3.80. The van der Waals surface area contributed by atoms with Crippen molar-refractivity contribution in [2.24, 2.45) is 5.92 Å². The fraction of sp³-hybridized carbons (Fsp3) is 0.333. The Kier molecular flexibility index (Phi) is 6.77. The summed E-state index contributed by atoms with van der Waals surface area (Å²) in [6, 6.07) is 12.9. The molecule has 0 bridgehead atoms. The van der Waals surface area contributed by atoms with Crippen LogP contribution in [0.3, 0.4) is 0 Å². The first kappa shape index (κ1) is 21.4. The summed E-state index contributed by atoms with van der Waals surface area (Å²) in [5.41, 5.74) is 2.48. The van der Waals surface area contributed by atoms with Crippen molar-refractivity contribution in [3.8, 4) is 17.2 Å². The van der Waals surface area contributed by atoms with Crippen LogP contribution >= 0.6 is 0 Å². The average molecular weight is 410 g/mol. The van der Waals surface area contributed by atoms with Crippen molar-refractivity contribution in [1.29, 1.82) is 0 Å². The number of rotatable bonds is 7. The van der Waals surface area contributed by atoms with Gasteiger partial charge in [0.2, 0.25) is 0 Å². The lowest BCUT2D eigenvalue weighted by atomic mass is 9.73. The molecule has 2 aromatic carbocycles. The minimum Gasteiger partial charge on any atom is -0.497 e. The third-order valence-electron chi connectivity index (χ3n) is 5.30. The van der Waals surface area contributed by atoms with E-state index >= 15 is 0 Å². The lowest BCUT2D eigenvalue weighted by molar-refractivity contribution is -0.151. The molecule has 1 aliphatic rings. The zero-order valence-corrected chi connectivity index (χ0v) is 17.6. The van der Waals surface area contributed by atoms with Gasteiger partial charge in [-0.25, -0.2) is 0 Å². The maximum atomic E-state index is 13.1. The number of benzene rings is 2. The molecular formula is C24H26O6. The summed E-state index contributed by atoms with van der Waals surface area (Å²) in [6.45, 7) is 1.96. The first-order valence-electron chi connectivity index (χ1n) is 9.79. The molecule has 2 atom stereocenters. The highest BCUT2D eigenvalue weighted by Gasteiger charge is 2.40. The van der Waals surface area contributed by atoms with Crippen LogP contribution in [-0.4, -0.2) is 39.7 Å². The Morgan fingerprint density at radius 2 is 1.63 bits per heavy atom. The SMILES string of the molecule is CCOC(=O)C1C(=O)C=C(c2ccc(OC)cc2OC)CC1c1ccc(OC)cc1. The summed E-state index contributed by atoms with van der Waals surface area (Å²) in [4.78, 5) is 25.7. The Labute approximate surface area is 176 Å². The normalized spacial score (nSPS) is 18.4. The Hall–Kier alpha value is -3.28. The topological polar surface area (TPSA) is 71.1 Å². The van der Waals surface area contributed by atoms with E-state index in [1.54, 1.807) is 34.3 Å². The lowest BCUT2D eigenvalue weighted by Gasteiger charge is -2.30. The molecule has 0 fully saturated rings. The van der Waals surface area contributed by atoms with Gasteiger partial charge in [-0.3, -0.25) is 9.59 Å². The van der Waals surface area contributed by atoms with Crippen LogP contribution in [-0.2, 0) is 14.3 Å². The predicted molar refractivity (Wildman–Crippen MR) is 113 cm³/mol. The van der Waals surface area contributed by atoms with Crippen LogP contribution in [0.25, 0.3) is 5.57 Å². The standard InChI is InChI=1S/C24H26O6/c1-5-30-24(26)23-20(15-6-8-17(27-2)9-7-15)12-16(13-21(23)25)19-11-10-18(28-3)14-22(19)29-4/h6-11,13-14,20,23H,5,12H2,1-4H3. The number of carbonyl (C=O) groups excluding carboxylic acids is 2. The van der Waals surface area contributed by atoms with E-state index in [4.69, 9.17) is 18.9 Å². The molecule has 158 valence electrons. The van der Waals surface area contributed by atoms with E-state index in [0.29, 0.717) is 23.7 Å². The molecule has 0 saturated heterocycles. The highest BCUT2D eigenvalue weighted by molar-refractivity contribution is 6.11. The molecule has 30 heavy (non-hydrogen) atoms. The van der Waals surface area contributed by atoms with Crippen molar-refractivity contribution in [3.63, 3.8) is 0 Å². The van der Waals surface area contributed by atoms with Crippen LogP contribution in [0.5, 0.6) is 17.2 Å². The molecule has 0 heterocycles. The van der Waals surface area contributed by atoms with Gasteiger partial charge in [0.1, 0.15) is 23.2 Å². The van der Waals surface area contributed by atoms with Gasteiger partial charge in [-0.15, -0.1) is 0 Å². The van der Waals surface area contributed by atoms with E-state index in [1.165, 1.54) is 6.08 Å². The van der Waals surface area contributed by atoms with E-state index in [0.717, 1.165) is 16.7 Å². The summed E-state index contributed by atoms with van der Waals surface area (Å²) in [5.74, 6) is -0.0265. The number of ketones is 1. The number of allylic oxidation sites excluding steroid dienone is 2. The quantitative estimate of drug-likeness (QED) is 0.507. The summed E-state index contributed by atoms with van der Waals surface area (Å²) in [5, 5.41) is 0. The van der Waals surface area contributed by atoms with Gasteiger partial charge in [-0.2, -0.15) is 0 Å². The summed E-state index contributed by atoms with van der Waals surface area (Å²) < 4.78 is 21.2. The fourth-order valence-corrected chi connectivity index (χ4v) is 3.80. The Bertz CT molecular complexity index is 945. The summed E-state index contributed by atoms with van der Waals surface area (Å²) >= 11 is 0. The van der Waals surface area contributed by atoms with E-state index in [1.807, 2.05) is 36.4 Å². The maximum absolute atomic E-state index is 13.1. The van der Waals surface area contributed by atoms with Gasteiger partial charge in [0.05, 0.1) is 27.9 Å². The smallest absolute Gasteiger partial charge is 0.317 e. The number of carbonyl (C=O) groups is 2. The van der Waals surface area contributed by atoms with Gasteiger partial charge in [-0.1, -0.05) is 12.1 Å². The molecule has 0 N–H and O–H groups in total. The molecule has 0 aromatic heterocycles. The second-order valence-corrected chi connectivity index (χ2v) is 6.95. The molecule has 6 heteroatoms. The molecule has 0 spiro atoms. The van der Waals surface area contributed by atoms with E-state index < -0.39 is 11.9 Å². The Morgan fingerprint density at radius 3 is 2.23 bits per heavy atom. The zero-order chi connectivity index (χ0) is 21.7. The largest absolute Gasteiger partial charge is 0.497 e. The number of ether oxygens (including phenoxy) is 4. The van der Waals surface area contributed by atoms with Gasteiger partial charge in [0, 0.05) is 17.5 Å². The van der Waals surface area contributed by atoms with Crippen molar-refractivity contribution < 1.29 is 28.5 Å². The third-order valence-corrected chi connectivity index (χ3v) is 5.30. The van der Waals surface area contributed by atoms with Gasteiger partial charge < -0.3 is 18.9 Å². The highest BCUT2D eigenvalue weighted by atomic mass is 16.5. The molecule has 0 saturated carbocycles. The van der Waals surface area contributed by atoms with Gasteiger partial charge >= 0.3 is 5.97 Å². The third kappa shape index (κ3) is 4.32. The molecule has 6 nitrogen and oxygen atoms in total. The van der Waals surface area contributed by atoms with Crippen LogP contribution in [0.15, 0.2) is 48.5 Å². The van der Waals surface area contributed by atoms with Crippen LogP contribution in [0.4, 0.5) is 0 Å². The second kappa shape index (κ2) is 9.48. The maximum Gasteiger partial charge on any atom is 0.317 e. The number of hydrogen-bond donors (Lipinski definition) is 0. The molecule has 1 aliphatic carbocycles. The summed E-state index contributed by atoms with van der Waals surface area (Å²) in [7, 11) is 4.75.